The molecule has 0 bridgehead atoms. The van der Waals surface area contributed by atoms with Gasteiger partial charge in [0.25, 0.3) is 0 Å². The van der Waals surface area contributed by atoms with Crippen molar-refractivity contribution < 1.29 is 4.42 Å². The Kier molecular flexibility index (Phi) is 3.29. The Balaban J connectivity index is 2.12. The van der Waals surface area contributed by atoms with Gasteiger partial charge in [-0.25, -0.2) is 0 Å². The fourth-order valence-corrected chi connectivity index (χ4v) is 2.12. The minimum absolute atomic E-state index is 0.0989. The molecule has 0 aliphatic rings. The van der Waals surface area contributed by atoms with Gasteiger partial charge in [-0.05, 0) is 24.6 Å². The van der Waals surface area contributed by atoms with Crippen LogP contribution in [0.3, 0.4) is 0 Å². The van der Waals surface area contributed by atoms with Crippen molar-refractivity contribution in [2.45, 2.75) is 18.2 Å². The molecule has 0 aliphatic heterocycles. The zero-order valence-electron chi connectivity index (χ0n) is 10.4. The lowest BCUT2D eigenvalue weighted by Crippen LogP contribution is -1.86. The second-order valence-electron chi connectivity index (χ2n) is 4.20. The van der Waals surface area contributed by atoms with Crippen LogP contribution in [0, 0.1) is 0 Å². The molecule has 4 nitrogen and oxygen atoms in total. The minimum atomic E-state index is 0.0989. The number of aromatic nitrogens is 3. The summed E-state index contributed by atoms with van der Waals surface area (Å²) < 4.78 is 5.73. The smallest absolute Gasteiger partial charge is 0.248 e. The molecule has 0 saturated heterocycles. The molecule has 0 amide bonds. The largest absolute Gasteiger partial charge is 0.419 e. The molecule has 19 heavy (non-hydrogen) atoms. The Morgan fingerprint density at radius 2 is 2.11 bits per heavy atom. The van der Waals surface area contributed by atoms with Gasteiger partial charge in [0.15, 0.2) is 0 Å². The number of halogens is 1. The summed E-state index contributed by atoms with van der Waals surface area (Å²) >= 11 is 3.51. The number of hydrogen-bond acceptors (Lipinski definition) is 4. The van der Waals surface area contributed by atoms with E-state index < -0.39 is 0 Å². The first kappa shape index (κ1) is 12.3. The first-order chi connectivity index (χ1) is 9.29. The van der Waals surface area contributed by atoms with Crippen LogP contribution < -0.4 is 0 Å². The molecule has 2 heterocycles. The summed E-state index contributed by atoms with van der Waals surface area (Å²) in [7, 11) is 0. The number of hydrogen-bond donors (Lipinski definition) is 0. The van der Waals surface area contributed by atoms with Gasteiger partial charge in [0.1, 0.15) is 0 Å². The summed E-state index contributed by atoms with van der Waals surface area (Å²) in [6.07, 6.45) is 2.68. The van der Waals surface area contributed by atoms with Crippen LogP contribution in [0.25, 0.3) is 22.4 Å². The van der Waals surface area contributed by atoms with Crippen LogP contribution in [0.2, 0.25) is 0 Å². The maximum atomic E-state index is 5.73. The van der Waals surface area contributed by atoms with E-state index in [2.05, 4.69) is 38.0 Å². The molecule has 1 atom stereocenters. The molecule has 0 aliphatic carbocycles. The number of alkyl halides is 1. The van der Waals surface area contributed by atoms with E-state index in [4.69, 9.17) is 4.42 Å². The summed E-state index contributed by atoms with van der Waals surface area (Å²) in [5, 5.41) is 9.23. The van der Waals surface area contributed by atoms with E-state index >= 15 is 0 Å². The third kappa shape index (κ3) is 2.26. The molecular weight excluding hydrogens is 306 g/mol. The van der Waals surface area contributed by atoms with Crippen molar-refractivity contribution >= 4 is 26.8 Å². The number of pyridine rings is 1. The second-order valence-corrected chi connectivity index (χ2v) is 5.30. The van der Waals surface area contributed by atoms with Gasteiger partial charge in [-0.3, -0.25) is 4.98 Å². The highest BCUT2D eigenvalue weighted by atomic mass is 79.9. The average Bonchev–Trinajstić information content (AvgIpc) is 2.95. The normalized spacial score (nSPS) is 12.7. The van der Waals surface area contributed by atoms with Gasteiger partial charge in [0.2, 0.25) is 11.8 Å². The Morgan fingerprint density at radius 1 is 1.21 bits per heavy atom. The van der Waals surface area contributed by atoms with E-state index in [-0.39, 0.29) is 4.83 Å². The SMILES string of the molecule is CCC(Br)c1nnc(-c2cccc3ncccc23)o1. The van der Waals surface area contributed by atoms with Crippen molar-refractivity contribution in [3.05, 3.63) is 42.4 Å². The van der Waals surface area contributed by atoms with Crippen LogP contribution in [0.1, 0.15) is 24.1 Å². The molecule has 1 unspecified atom stereocenters. The molecule has 3 rings (SSSR count). The van der Waals surface area contributed by atoms with Gasteiger partial charge >= 0.3 is 0 Å². The van der Waals surface area contributed by atoms with Crippen LogP contribution >= 0.6 is 15.9 Å². The van der Waals surface area contributed by atoms with Crippen molar-refractivity contribution in [2.75, 3.05) is 0 Å². The molecule has 0 spiro atoms. The maximum absolute atomic E-state index is 5.73. The molecule has 2 aromatic heterocycles. The van der Waals surface area contributed by atoms with Crippen LogP contribution in [-0.4, -0.2) is 15.2 Å². The van der Waals surface area contributed by atoms with Gasteiger partial charge in [0, 0.05) is 17.1 Å². The third-order valence-electron chi connectivity index (χ3n) is 2.94. The van der Waals surface area contributed by atoms with E-state index in [0.717, 1.165) is 22.9 Å². The zero-order chi connectivity index (χ0) is 13.2. The Morgan fingerprint density at radius 3 is 2.95 bits per heavy atom. The van der Waals surface area contributed by atoms with Gasteiger partial charge < -0.3 is 4.42 Å². The molecule has 3 aromatic rings. The van der Waals surface area contributed by atoms with Crippen LogP contribution in [0.4, 0.5) is 0 Å². The van der Waals surface area contributed by atoms with Gasteiger partial charge in [0.05, 0.1) is 10.3 Å². The number of nitrogens with zero attached hydrogens (tertiary/aromatic N) is 3. The van der Waals surface area contributed by atoms with Gasteiger partial charge in [-0.2, -0.15) is 0 Å². The van der Waals surface area contributed by atoms with Crippen molar-refractivity contribution in [1.82, 2.24) is 15.2 Å². The van der Waals surface area contributed by atoms with Crippen LogP contribution in [-0.2, 0) is 0 Å². The quantitative estimate of drug-likeness (QED) is 0.681. The molecule has 0 N–H and O–H groups in total. The average molecular weight is 318 g/mol. The Bertz CT molecular complexity index is 705. The van der Waals surface area contributed by atoms with E-state index in [0.29, 0.717) is 11.8 Å². The maximum Gasteiger partial charge on any atom is 0.248 e. The van der Waals surface area contributed by atoms with Crippen molar-refractivity contribution in [3.8, 4) is 11.5 Å². The molecule has 0 saturated carbocycles. The lowest BCUT2D eigenvalue weighted by molar-refractivity contribution is 0.501. The van der Waals surface area contributed by atoms with Crippen molar-refractivity contribution in [3.63, 3.8) is 0 Å². The summed E-state index contributed by atoms with van der Waals surface area (Å²) in [5.74, 6) is 1.14. The standard InChI is InChI=1S/C14H12BrN3O/c1-2-11(15)14-18-17-13(19-14)10-5-3-7-12-9(10)6-4-8-16-12/h3-8,11H,2H2,1H3. The topological polar surface area (TPSA) is 51.8 Å². The van der Waals surface area contributed by atoms with Gasteiger partial charge in [-0.15, -0.1) is 10.2 Å². The third-order valence-corrected chi connectivity index (χ3v) is 3.98. The molecular formula is C14H12BrN3O. The van der Waals surface area contributed by atoms with Crippen LogP contribution in [0.15, 0.2) is 40.9 Å². The molecule has 0 radical (unpaired) electrons. The first-order valence-electron chi connectivity index (χ1n) is 6.11. The summed E-state index contributed by atoms with van der Waals surface area (Å²) in [5.41, 5.74) is 1.84. The molecule has 96 valence electrons. The predicted molar refractivity (Wildman–Crippen MR) is 77.0 cm³/mol. The summed E-state index contributed by atoms with van der Waals surface area (Å²) in [6.45, 7) is 2.06. The number of fused-ring (bicyclic) bond motifs is 1. The van der Waals surface area contributed by atoms with E-state index in [1.54, 1.807) is 6.20 Å². The fourth-order valence-electron chi connectivity index (χ4n) is 1.93. The zero-order valence-corrected chi connectivity index (χ0v) is 12.0. The highest BCUT2D eigenvalue weighted by Crippen LogP contribution is 2.30. The predicted octanol–water partition coefficient (Wildman–Crippen LogP) is 4.13. The first-order valence-corrected chi connectivity index (χ1v) is 7.02. The van der Waals surface area contributed by atoms with E-state index in [1.165, 1.54) is 0 Å². The molecule has 1 aromatic carbocycles. The highest BCUT2D eigenvalue weighted by molar-refractivity contribution is 9.09. The number of rotatable bonds is 3. The van der Waals surface area contributed by atoms with Gasteiger partial charge in [-0.1, -0.05) is 35.0 Å². The molecule has 0 fully saturated rings. The van der Waals surface area contributed by atoms with Crippen molar-refractivity contribution in [2.24, 2.45) is 0 Å². The Labute approximate surface area is 119 Å². The van der Waals surface area contributed by atoms with E-state index in [1.807, 2.05) is 30.3 Å². The fraction of sp³-hybridized carbons (Fsp3) is 0.214. The van der Waals surface area contributed by atoms with E-state index in [9.17, 15) is 0 Å². The lowest BCUT2D eigenvalue weighted by Gasteiger charge is -2.01. The monoisotopic (exact) mass is 317 g/mol. The summed E-state index contributed by atoms with van der Waals surface area (Å²) in [4.78, 5) is 4.43. The minimum Gasteiger partial charge on any atom is -0.419 e. The summed E-state index contributed by atoms with van der Waals surface area (Å²) in [6, 6.07) is 9.79. The van der Waals surface area contributed by atoms with Crippen molar-refractivity contribution in [1.29, 1.82) is 0 Å². The molecule has 5 heteroatoms. The lowest BCUT2D eigenvalue weighted by atomic mass is 10.1. The number of benzene rings is 1. The second kappa shape index (κ2) is 5.09. The van der Waals surface area contributed by atoms with Crippen LogP contribution in [0.5, 0.6) is 0 Å². The Hall–Kier alpha value is -1.75. The highest BCUT2D eigenvalue weighted by Gasteiger charge is 2.16.